The quantitative estimate of drug-likeness (QED) is 0.765. The Kier molecular flexibility index (Phi) is 6.44. The summed E-state index contributed by atoms with van der Waals surface area (Å²) < 4.78 is 10.7. The fourth-order valence-electron chi connectivity index (χ4n) is 4.66. The minimum atomic E-state index is 0.0713. The van der Waals surface area contributed by atoms with E-state index in [4.69, 9.17) is 9.47 Å². The van der Waals surface area contributed by atoms with Gasteiger partial charge >= 0.3 is 6.01 Å². The Morgan fingerprint density at radius 1 is 0.966 bits per heavy atom. The normalized spacial score (nSPS) is 18.6. The van der Waals surface area contributed by atoms with Crippen LogP contribution in [0.1, 0.15) is 51.7 Å². The van der Waals surface area contributed by atoms with Crippen molar-refractivity contribution in [2.75, 3.05) is 14.2 Å². The molecule has 0 unspecified atom stereocenters. The monoisotopic (exact) mass is 398 g/mol. The predicted octanol–water partition coefficient (Wildman–Crippen LogP) is 3.81. The van der Waals surface area contributed by atoms with Crippen LogP contribution in [0.25, 0.3) is 0 Å². The summed E-state index contributed by atoms with van der Waals surface area (Å²) in [5.74, 6) is 0.927. The number of piperidine rings is 1. The summed E-state index contributed by atoms with van der Waals surface area (Å²) >= 11 is 0. The molecule has 1 aliphatic heterocycles. The zero-order valence-corrected chi connectivity index (χ0v) is 18.5. The van der Waals surface area contributed by atoms with E-state index < -0.39 is 0 Å². The summed E-state index contributed by atoms with van der Waals surface area (Å²) in [6.07, 6.45) is 5.86. The maximum Gasteiger partial charge on any atom is 0.316 e. The van der Waals surface area contributed by atoms with E-state index in [2.05, 4.69) is 60.0 Å². The Balaban J connectivity index is 1.89. The molecule has 1 saturated heterocycles. The van der Waals surface area contributed by atoms with Gasteiger partial charge in [0.15, 0.2) is 0 Å². The van der Waals surface area contributed by atoms with Crippen molar-refractivity contribution in [1.29, 1.82) is 0 Å². The lowest BCUT2D eigenvalue weighted by Crippen LogP contribution is -2.62. The van der Waals surface area contributed by atoms with Gasteiger partial charge in [-0.05, 0) is 46.6 Å². The number of ether oxygens (including phenoxy) is 2. The fraction of sp³-hybridized carbons (Fsp3) is 0.565. The predicted molar refractivity (Wildman–Crippen MR) is 115 cm³/mol. The van der Waals surface area contributed by atoms with Crippen LogP contribution in [0.15, 0.2) is 36.7 Å². The van der Waals surface area contributed by atoms with Gasteiger partial charge < -0.3 is 14.8 Å². The molecule has 1 aromatic carbocycles. The van der Waals surface area contributed by atoms with Crippen molar-refractivity contribution in [2.24, 2.45) is 0 Å². The van der Waals surface area contributed by atoms with Gasteiger partial charge in [-0.1, -0.05) is 18.2 Å². The number of rotatable bonds is 7. The van der Waals surface area contributed by atoms with E-state index in [1.165, 1.54) is 5.56 Å². The summed E-state index contributed by atoms with van der Waals surface area (Å²) in [7, 11) is 3.32. The molecule has 0 amide bonds. The first-order valence-electron chi connectivity index (χ1n) is 10.2. The fourth-order valence-corrected chi connectivity index (χ4v) is 4.66. The second kappa shape index (κ2) is 8.67. The Morgan fingerprint density at radius 3 is 2.17 bits per heavy atom. The second-order valence-corrected chi connectivity index (χ2v) is 9.25. The van der Waals surface area contributed by atoms with Crippen LogP contribution in [0.4, 0.5) is 0 Å². The first-order chi connectivity index (χ1) is 13.7. The van der Waals surface area contributed by atoms with Crippen molar-refractivity contribution in [3.63, 3.8) is 0 Å². The van der Waals surface area contributed by atoms with Crippen LogP contribution in [-0.4, -0.2) is 46.2 Å². The van der Waals surface area contributed by atoms with Gasteiger partial charge in [0.25, 0.3) is 0 Å². The molecule has 0 spiro atoms. The highest BCUT2D eigenvalue weighted by atomic mass is 16.5. The third-order valence-electron chi connectivity index (χ3n) is 5.50. The van der Waals surface area contributed by atoms with Gasteiger partial charge in [0.05, 0.1) is 14.2 Å². The van der Waals surface area contributed by atoms with Crippen LogP contribution in [0, 0.1) is 0 Å². The molecule has 0 atom stereocenters. The van der Waals surface area contributed by atoms with Gasteiger partial charge in [0, 0.05) is 53.7 Å². The number of benzene rings is 1. The van der Waals surface area contributed by atoms with E-state index in [1.54, 1.807) is 14.2 Å². The number of methoxy groups -OCH3 is 2. The highest BCUT2D eigenvalue weighted by molar-refractivity contribution is 5.33. The average Bonchev–Trinajstić information content (AvgIpc) is 2.66. The lowest BCUT2D eigenvalue weighted by Gasteiger charge is -2.49. The molecule has 29 heavy (non-hydrogen) atoms. The van der Waals surface area contributed by atoms with Gasteiger partial charge in [-0.2, -0.15) is 0 Å². The molecule has 6 heteroatoms. The second-order valence-electron chi connectivity index (χ2n) is 9.25. The van der Waals surface area contributed by atoms with Crippen LogP contribution >= 0.6 is 0 Å². The summed E-state index contributed by atoms with van der Waals surface area (Å²) in [6, 6.07) is 9.08. The molecule has 3 rings (SSSR count). The molecule has 1 aliphatic rings. The number of nitrogens with one attached hydrogen (secondary N) is 1. The van der Waals surface area contributed by atoms with E-state index in [9.17, 15) is 0 Å². The molecule has 0 aliphatic carbocycles. The van der Waals surface area contributed by atoms with E-state index in [0.29, 0.717) is 12.1 Å². The minimum Gasteiger partial charge on any atom is -0.496 e. The van der Waals surface area contributed by atoms with Gasteiger partial charge in [0.2, 0.25) is 0 Å². The third-order valence-corrected chi connectivity index (χ3v) is 5.50. The average molecular weight is 399 g/mol. The number of aromatic nitrogens is 2. The van der Waals surface area contributed by atoms with E-state index in [1.807, 2.05) is 24.5 Å². The Bertz CT molecular complexity index is 789. The molecular weight excluding hydrogens is 364 g/mol. The lowest BCUT2D eigenvalue weighted by atomic mass is 9.79. The smallest absolute Gasteiger partial charge is 0.316 e. The molecule has 1 fully saturated rings. The van der Waals surface area contributed by atoms with Gasteiger partial charge in [-0.25, -0.2) is 9.97 Å². The van der Waals surface area contributed by atoms with Crippen molar-refractivity contribution in [1.82, 2.24) is 20.2 Å². The SMILES string of the molecule is COc1ncc(CN(Cc2ccccc2OC)C2CC(C)(C)NC(C)(C)C2)cn1. The molecule has 158 valence electrons. The van der Waals surface area contributed by atoms with Crippen LogP contribution < -0.4 is 14.8 Å². The van der Waals surface area contributed by atoms with Gasteiger partial charge in [-0.15, -0.1) is 0 Å². The van der Waals surface area contributed by atoms with Gasteiger partial charge in [-0.3, -0.25) is 4.90 Å². The zero-order chi connectivity index (χ0) is 21.1. The molecule has 2 aromatic rings. The topological polar surface area (TPSA) is 59.5 Å². The number of hydrogen-bond acceptors (Lipinski definition) is 6. The summed E-state index contributed by atoms with van der Waals surface area (Å²) in [5, 5.41) is 3.79. The Hall–Kier alpha value is -2.18. The molecule has 0 bridgehead atoms. The van der Waals surface area contributed by atoms with Crippen molar-refractivity contribution < 1.29 is 9.47 Å². The maximum atomic E-state index is 5.62. The Labute approximate surface area is 174 Å². The molecule has 0 radical (unpaired) electrons. The van der Waals surface area contributed by atoms with Crippen LogP contribution in [-0.2, 0) is 13.1 Å². The maximum absolute atomic E-state index is 5.62. The number of para-hydroxylation sites is 1. The molecule has 0 saturated carbocycles. The number of nitrogens with zero attached hydrogens (tertiary/aromatic N) is 3. The van der Waals surface area contributed by atoms with Crippen molar-refractivity contribution in [3.8, 4) is 11.8 Å². The van der Waals surface area contributed by atoms with E-state index >= 15 is 0 Å². The van der Waals surface area contributed by atoms with E-state index in [-0.39, 0.29) is 11.1 Å². The molecule has 1 N–H and O–H groups in total. The van der Waals surface area contributed by atoms with Crippen LogP contribution in [0.2, 0.25) is 0 Å². The lowest BCUT2D eigenvalue weighted by molar-refractivity contribution is 0.0558. The first-order valence-corrected chi connectivity index (χ1v) is 10.2. The summed E-state index contributed by atoms with van der Waals surface area (Å²) in [5.41, 5.74) is 2.41. The van der Waals surface area contributed by atoms with Gasteiger partial charge in [0.1, 0.15) is 5.75 Å². The van der Waals surface area contributed by atoms with Crippen molar-refractivity contribution in [2.45, 2.75) is 70.7 Å². The van der Waals surface area contributed by atoms with Crippen LogP contribution in [0.3, 0.4) is 0 Å². The van der Waals surface area contributed by atoms with Crippen molar-refractivity contribution >= 4 is 0 Å². The minimum absolute atomic E-state index is 0.0713. The molecular formula is C23H34N4O2. The highest BCUT2D eigenvalue weighted by Gasteiger charge is 2.40. The Morgan fingerprint density at radius 2 is 1.59 bits per heavy atom. The highest BCUT2D eigenvalue weighted by Crippen LogP contribution is 2.34. The van der Waals surface area contributed by atoms with E-state index in [0.717, 1.165) is 37.2 Å². The molecule has 1 aromatic heterocycles. The van der Waals surface area contributed by atoms with Crippen molar-refractivity contribution in [3.05, 3.63) is 47.8 Å². The third kappa shape index (κ3) is 5.67. The standard InChI is InChI=1S/C23H34N4O2/c1-22(2)11-19(12-23(3,4)26-22)27(15-17-13-24-21(29-6)25-14-17)16-18-9-7-8-10-20(18)28-5/h7-10,13-14,19,26H,11-12,15-16H2,1-6H3. The molecule has 2 heterocycles. The van der Waals surface area contributed by atoms with Crippen LogP contribution in [0.5, 0.6) is 11.8 Å². The number of hydrogen-bond donors (Lipinski definition) is 1. The zero-order valence-electron chi connectivity index (χ0n) is 18.5. The molecule has 6 nitrogen and oxygen atoms in total. The largest absolute Gasteiger partial charge is 0.496 e. The summed E-state index contributed by atoms with van der Waals surface area (Å²) in [6.45, 7) is 10.8. The summed E-state index contributed by atoms with van der Waals surface area (Å²) in [4.78, 5) is 11.1. The first kappa shape index (κ1) is 21.5.